The van der Waals surface area contributed by atoms with Crippen LogP contribution < -0.4 is 14.8 Å². The van der Waals surface area contributed by atoms with Gasteiger partial charge in [-0.3, -0.25) is 9.69 Å². The predicted molar refractivity (Wildman–Crippen MR) is 91.3 cm³/mol. The second-order valence-corrected chi connectivity index (χ2v) is 6.42. The largest absolute Gasteiger partial charge is 0.494 e. The quantitative estimate of drug-likeness (QED) is 0.722. The number of likely N-dealkylation sites (tertiary alicyclic amines) is 1. The van der Waals surface area contributed by atoms with Crippen molar-refractivity contribution in [3.8, 4) is 11.5 Å². The van der Waals surface area contributed by atoms with Gasteiger partial charge in [0.25, 0.3) is 5.91 Å². The molecule has 8 heteroatoms. The van der Waals surface area contributed by atoms with E-state index in [1.165, 1.54) is 4.90 Å². The molecule has 146 valence electrons. The molecule has 0 saturated carbocycles. The van der Waals surface area contributed by atoms with Crippen LogP contribution in [0.4, 0.5) is 13.2 Å². The van der Waals surface area contributed by atoms with E-state index in [4.69, 9.17) is 9.47 Å². The van der Waals surface area contributed by atoms with Crippen molar-refractivity contribution >= 4 is 5.91 Å². The molecular formula is C18H25F3N2O3. The maximum Gasteiger partial charge on any atom is 0.401 e. The monoisotopic (exact) mass is 374 g/mol. The molecule has 0 bridgehead atoms. The van der Waals surface area contributed by atoms with Gasteiger partial charge in [-0.1, -0.05) is 6.92 Å². The Morgan fingerprint density at radius 2 is 1.88 bits per heavy atom. The maximum absolute atomic E-state index is 12.4. The summed E-state index contributed by atoms with van der Waals surface area (Å²) in [5.41, 5.74) is 0. The molecule has 1 aliphatic heterocycles. The highest BCUT2D eigenvalue weighted by molar-refractivity contribution is 5.77. The summed E-state index contributed by atoms with van der Waals surface area (Å²) in [4.78, 5) is 13.2. The Labute approximate surface area is 151 Å². The summed E-state index contributed by atoms with van der Waals surface area (Å²) in [6.45, 7) is 2.76. The molecule has 0 aromatic heterocycles. The number of amides is 1. The number of ether oxygens (including phenoxy) is 2. The SMILES string of the molecule is CCCOc1ccc(OCC(=O)NCC2CCN(CC(F)(F)F)C2)cc1. The third-order valence-corrected chi connectivity index (χ3v) is 4.03. The number of nitrogens with one attached hydrogen (secondary N) is 1. The lowest BCUT2D eigenvalue weighted by Crippen LogP contribution is -2.36. The molecule has 1 fully saturated rings. The molecule has 2 rings (SSSR count). The molecule has 26 heavy (non-hydrogen) atoms. The fourth-order valence-electron chi connectivity index (χ4n) is 2.79. The van der Waals surface area contributed by atoms with Crippen molar-refractivity contribution in [1.29, 1.82) is 0 Å². The first-order valence-electron chi connectivity index (χ1n) is 8.77. The van der Waals surface area contributed by atoms with Gasteiger partial charge in [-0.25, -0.2) is 0 Å². The highest BCUT2D eigenvalue weighted by Crippen LogP contribution is 2.22. The smallest absolute Gasteiger partial charge is 0.401 e. The third kappa shape index (κ3) is 7.51. The van der Waals surface area contributed by atoms with E-state index in [0.717, 1.165) is 12.2 Å². The summed E-state index contributed by atoms with van der Waals surface area (Å²) in [6, 6.07) is 7.00. The summed E-state index contributed by atoms with van der Waals surface area (Å²) in [6.07, 6.45) is -2.60. The lowest BCUT2D eigenvalue weighted by molar-refractivity contribution is -0.143. The Balaban J connectivity index is 1.63. The number of rotatable bonds is 9. The van der Waals surface area contributed by atoms with Crippen molar-refractivity contribution in [3.63, 3.8) is 0 Å². The number of nitrogens with zero attached hydrogens (tertiary/aromatic N) is 1. The number of benzene rings is 1. The van der Waals surface area contributed by atoms with E-state index in [2.05, 4.69) is 5.32 Å². The van der Waals surface area contributed by atoms with Crippen molar-refractivity contribution < 1.29 is 27.4 Å². The molecule has 1 saturated heterocycles. The van der Waals surface area contributed by atoms with E-state index in [-0.39, 0.29) is 18.4 Å². The van der Waals surface area contributed by atoms with Gasteiger partial charge in [0.2, 0.25) is 0 Å². The Kier molecular flexibility index (Phi) is 7.56. The second kappa shape index (κ2) is 9.66. The van der Waals surface area contributed by atoms with Crippen LogP contribution in [-0.4, -0.2) is 56.4 Å². The van der Waals surface area contributed by atoms with E-state index >= 15 is 0 Å². The van der Waals surface area contributed by atoms with Gasteiger partial charge >= 0.3 is 6.18 Å². The van der Waals surface area contributed by atoms with E-state index in [1.54, 1.807) is 24.3 Å². The van der Waals surface area contributed by atoms with Crippen LogP contribution in [-0.2, 0) is 4.79 Å². The van der Waals surface area contributed by atoms with E-state index in [0.29, 0.717) is 38.4 Å². The number of hydrogen-bond acceptors (Lipinski definition) is 4. The van der Waals surface area contributed by atoms with Gasteiger partial charge in [-0.05, 0) is 49.6 Å². The summed E-state index contributed by atoms with van der Waals surface area (Å²) in [5, 5.41) is 2.72. The van der Waals surface area contributed by atoms with Crippen LogP contribution in [0, 0.1) is 5.92 Å². The van der Waals surface area contributed by atoms with Crippen LogP contribution >= 0.6 is 0 Å². The lowest BCUT2D eigenvalue weighted by atomic mass is 10.1. The fourth-order valence-corrected chi connectivity index (χ4v) is 2.79. The highest BCUT2D eigenvalue weighted by atomic mass is 19.4. The number of hydrogen-bond donors (Lipinski definition) is 1. The van der Waals surface area contributed by atoms with Gasteiger partial charge in [0.15, 0.2) is 6.61 Å². The molecule has 1 aromatic carbocycles. The number of carbonyl (C=O) groups is 1. The zero-order valence-corrected chi connectivity index (χ0v) is 14.8. The van der Waals surface area contributed by atoms with Crippen LogP contribution in [0.25, 0.3) is 0 Å². The predicted octanol–water partition coefficient (Wildman–Crippen LogP) is 2.85. The summed E-state index contributed by atoms with van der Waals surface area (Å²) >= 11 is 0. The molecule has 0 spiro atoms. The Bertz CT molecular complexity index is 564. The maximum atomic E-state index is 12.4. The van der Waals surface area contributed by atoms with Gasteiger partial charge in [0, 0.05) is 13.1 Å². The Hall–Kier alpha value is -1.96. The van der Waals surface area contributed by atoms with Gasteiger partial charge in [0.05, 0.1) is 13.2 Å². The summed E-state index contributed by atoms with van der Waals surface area (Å²) < 4.78 is 47.9. The van der Waals surface area contributed by atoms with Crippen LogP contribution in [0.2, 0.25) is 0 Å². The van der Waals surface area contributed by atoms with Crippen LogP contribution in [0.15, 0.2) is 24.3 Å². The van der Waals surface area contributed by atoms with Crippen molar-refractivity contribution in [2.45, 2.75) is 25.9 Å². The first-order chi connectivity index (χ1) is 12.4. The van der Waals surface area contributed by atoms with Crippen LogP contribution in [0.3, 0.4) is 0 Å². The molecule has 5 nitrogen and oxygen atoms in total. The molecular weight excluding hydrogens is 349 g/mol. The minimum Gasteiger partial charge on any atom is -0.494 e. The van der Waals surface area contributed by atoms with Gasteiger partial charge in [-0.2, -0.15) is 13.2 Å². The van der Waals surface area contributed by atoms with Gasteiger partial charge in [0.1, 0.15) is 11.5 Å². The molecule has 0 radical (unpaired) electrons. The van der Waals surface area contributed by atoms with Gasteiger partial charge in [-0.15, -0.1) is 0 Å². The lowest BCUT2D eigenvalue weighted by Gasteiger charge is -2.18. The Morgan fingerprint density at radius 1 is 1.23 bits per heavy atom. The average molecular weight is 374 g/mol. The zero-order valence-electron chi connectivity index (χ0n) is 14.8. The van der Waals surface area contributed by atoms with E-state index < -0.39 is 12.7 Å². The standard InChI is InChI=1S/C18H25F3N2O3/c1-2-9-25-15-3-5-16(6-4-15)26-12-17(24)22-10-14-7-8-23(11-14)13-18(19,20)21/h3-6,14H,2,7-13H2,1H3,(H,22,24). The summed E-state index contributed by atoms with van der Waals surface area (Å²) in [5.74, 6) is 1.05. The topological polar surface area (TPSA) is 50.8 Å². The Morgan fingerprint density at radius 3 is 2.50 bits per heavy atom. The molecule has 1 heterocycles. The minimum atomic E-state index is -4.18. The third-order valence-electron chi connectivity index (χ3n) is 4.03. The zero-order chi connectivity index (χ0) is 19.0. The molecule has 1 aromatic rings. The van der Waals surface area contributed by atoms with E-state index in [9.17, 15) is 18.0 Å². The molecule has 0 aliphatic carbocycles. The van der Waals surface area contributed by atoms with Gasteiger partial charge < -0.3 is 14.8 Å². The number of carbonyl (C=O) groups excluding carboxylic acids is 1. The van der Waals surface area contributed by atoms with E-state index in [1.807, 2.05) is 6.92 Å². The summed E-state index contributed by atoms with van der Waals surface area (Å²) in [7, 11) is 0. The first-order valence-corrected chi connectivity index (χ1v) is 8.77. The molecule has 1 amide bonds. The second-order valence-electron chi connectivity index (χ2n) is 6.42. The number of alkyl halides is 3. The molecule has 1 unspecified atom stereocenters. The number of halogens is 3. The average Bonchev–Trinajstić information content (AvgIpc) is 3.02. The highest BCUT2D eigenvalue weighted by Gasteiger charge is 2.34. The normalized spacial score (nSPS) is 17.9. The first kappa shape index (κ1) is 20.4. The molecule has 1 aliphatic rings. The van der Waals surface area contributed by atoms with Crippen LogP contribution in [0.1, 0.15) is 19.8 Å². The van der Waals surface area contributed by atoms with Crippen LogP contribution in [0.5, 0.6) is 11.5 Å². The van der Waals surface area contributed by atoms with Crippen molar-refractivity contribution in [2.24, 2.45) is 5.92 Å². The van der Waals surface area contributed by atoms with Crippen molar-refractivity contribution in [2.75, 3.05) is 39.4 Å². The molecule has 1 N–H and O–H groups in total. The van der Waals surface area contributed by atoms with Crippen molar-refractivity contribution in [3.05, 3.63) is 24.3 Å². The fraction of sp³-hybridized carbons (Fsp3) is 0.611. The molecule has 1 atom stereocenters. The van der Waals surface area contributed by atoms with Crippen molar-refractivity contribution in [1.82, 2.24) is 10.2 Å². The minimum absolute atomic E-state index is 0.0382.